The van der Waals surface area contributed by atoms with E-state index >= 15 is 0 Å². The van der Waals surface area contributed by atoms with Gasteiger partial charge in [-0.2, -0.15) is 8.78 Å². The van der Waals surface area contributed by atoms with E-state index in [4.69, 9.17) is 0 Å². The summed E-state index contributed by atoms with van der Waals surface area (Å²) in [5.41, 5.74) is 0. The quantitative estimate of drug-likeness (QED) is 0.218. The lowest BCUT2D eigenvalue weighted by Gasteiger charge is -2.27. The Labute approximate surface area is 207 Å². The molecule has 0 saturated heterocycles. The summed E-state index contributed by atoms with van der Waals surface area (Å²) in [6, 6.07) is 2.17. The standard InChI is InChI=1S/C26H32F5NO4/c1-2-18(24(35)23(34)11-16-3-4-16)12-22(33)21(14-25(28,29)13-17-5-6-17)32-15-26(30,31)36-20-9-7-19(27)8-10-20/h7-10,16-18,21,32H,2-6,11-15H2,1H3/t18-,21+/m1/s1. The van der Waals surface area contributed by atoms with Crippen molar-refractivity contribution in [2.75, 3.05) is 6.54 Å². The van der Waals surface area contributed by atoms with E-state index in [1.807, 2.05) is 0 Å². The summed E-state index contributed by atoms with van der Waals surface area (Å²) in [5, 5.41) is 2.21. The molecule has 2 aliphatic rings. The lowest BCUT2D eigenvalue weighted by atomic mass is 9.87. The second kappa shape index (κ2) is 11.8. The Bertz CT molecular complexity index is 929. The van der Waals surface area contributed by atoms with Gasteiger partial charge in [-0.05, 0) is 68.2 Å². The van der Waals surface area contributed by atoms with E-state index in [0.29, 0.717) is 12.8 Å². The minimum absolute atomic E-state index is 0.109. The predicted octanol–water partition coefficient (Wildman–Crippen LogP) is 5.50. The maximum Gasteiger partial charge on any atom is 0.410 e. The zero-order valence-corrected chi connectivity index (χ0v) is 20.2. The molecule has 10 heteroatoms. The zero-order valence-electron chi connectivity index (χ0n) is 20.2. The largest absolute Gasteiger partial charge is 0.432 e. The first kappa shape index (κ1) is 28.2. The number of ether oxygens (including phenoxy) is 1. The summed E-state index contributed by atoms with van der Waals surface area (Å²) in [4.78, 5) is 37.7. The van der Waals surface area contributed by atoms with Crippen LogP contribution in [0.25, 0.3) is 0 Å². The third kappa shape index (κ3) is 9.26. The molecule has 1 aromatic rings. The van der Waals surface area contributed by atoms with Crippen molar-refractivity contribution >= 4 is 17.3 Å². The third-order valence-corrected chi connectivity index (χ3v) is 6.57. The van der Waals surface area contributed by atoms with Crippen molar-refractivity contribution in [2.45, 2.75) is 82.8 Å². The number of halogens is 5. The molecule has 0 aromatic heterocycles. The number of benzene rings is 1. The van der Waals surface area contributed by atoms with Gasteiger partial charge in [0.25, 0.3) is 0 Å². The van der Waals surface area contributed by atoms with Crippen LogP contribution in [0.3, 0.4) is 0 Å². The fraction of sp³-hybridized carbons (Fsp3) is 0.654. The summed E-state index contributed by atoms with van der Waals surface area (Å²) < 4.78 is 75.6. The zero-order chi connectivity index (χ0) is 26.5. The number of carbonyl (C=O) groups excluding carboxylic acids is 3. The highest BCUT2D eigenvalue weighted by atomic mass is 19.3. The van der Waals surface area contributed by atoms with Crippen LogP contribution >= 0.6 is 0 Å². The molecule has 0 radical (unpaired) electrons. The van der Waals surface area contributed by atoms with E-state index in [1.165, 1.54) is 0 Å². The van der Waals surface area contributed by atoms with E-state index in [1.54, 1.807) is 6.92 Å². The number of ketones is 3. The van der Waals surface area contributed by atoms with E-state index in [0.717, 1.165) is 37.1 Å². The molecule has 1 aromatic carbocycles. The molecule has 36 heavy (non-hydrogen) atoms. The fourth-order valence-electron chi connectivity index (χ4n) is 4.10. The molecular formula is C26H32F5NO4. The summed E-state index contributed by atoms with van der Waals surface area (Å²) in [7, 11) is 0. The van der Waals surface area contributed by atoms with Crippen LogP contribution in [0, 0.1) is 23.6 Å². The molecular weight excluding hydrogens is 485 g/mol. The Morgan fingerprint density at radius 3 is 2.19 bits per heavy atom. The van der Waals surface area contributed by atoms with E-state index in [9.17, 15) is 36.3 Å². The monoisotopic (exact) mass is 517 g/mol. The van der Waals surface area contributed by atoms with Gasteiger partial charge in [-0.25, -0.2) is 13.2 Å². The second-order valence-electron chi connectivity index (χ2n) is 10.0. The van der Waals surface area contributed by atoms with Crippen molar-refractivity contribution in [3.63, 3.8) is 0 Å². The molecule has 200 valence electrons. The maximum absolute atomic E-state index is 14.6. The van der Waals surface area contributed by atoms with Gasteiger partial charge in [-0.15, -0.1) is 0 Å². The van der Waals surface area contributed by atoms with Crippen molar-refractivity contribution in [3.8, 4) is 5.75 Å². The molecule has 2 aliphatic carbocycles. The van der Waals surface area contributed by atoms with Crippen molar-refractivity contribution in [3.05, 3.63) is 30.1 Å². The Kier molecular flexibility index (Phi) is 9.24. The summed E-state index contributed by atoms with van der Waals surface area (Å²) in [6.45, 7) is 0.348. The van der Waals surface area contributed by atoms with Crippen LogP contribution in [0.1, 0.15) is 64.7 Å². The van der Waals surface area contributed by atoms with Gasteiger partial charge < -0.3 is 4.74 Å². The Balaban J connectivity index is 1.65. The smallest absolute Gasteiger partial charge is 0.410 e. The maximum atomic E-state index is 14.6. The predicted molar refractivity (Wildman–Crippen MR) is 121 cm³/mol. The van der Waals surface area contributed by atoms with Crippen LogP contribution in [0.2, 0.25) is 0 Å². The van der Waals surface area contributed by atoms with Gasteiger partial charge in [-0.3, -0.25) is 19.7 Å². The van der Waals surface area contributed by atoms with Gasteiger partial charge in [-0.1, -0.05) is 6.92 Å². The SMILES string of the molecule is CC[C@H](CC(=O)[C@H](CC(F)(F)CC1CC1)NCC(F)(F)Oc1ccc(F)cc1)C(=O)C(=O)CC1CC1. The Morgan fingerprint density at radius 1 is 1.03 bits per heavy atom. The number of hydrogen-bond acceptors (Lipinski definition) is 5. The number of alkyl halides is 4. The van der Waals surface area contributed by atoms with Crippen LogP contribution in [0.5, 0.6) is 5.75 Å². The molecule has 1 N–H and O–H groups in total. The fourth-order valence-corrected chi connectivity index (χ4v) is 4.10. The first-order chi connectivity index (χ1) is 16.9. The highest BCUT2D eigenvalue weighted by molar-refractivity contribution is 6.38. The number of Topliss-reactive ketones (excluding diaryl/α,β-unsaturated/α-hetero) is 3. The molecule has 0 aliphatic heterocycles. The first-order valence-electron chi connectivity index (χ1n) is 12.4. The van der Waals surface area contributed by atoms with Gasteiger partial charge in [0.1, 0.15) is 18.1 Å². The van der Waals surface area contributed by atoms with Gasteiger partial charge in [0, 0.05) is 31.6 Å². The van der Waals surface area contributed by atoms with Gasteiger partial charge in [0.15, 0.2) is 11.6 Å². The lowest BCUT2D eigenvalue weighted by molar-refractivity contribution is -0.174. The van der Waals surface area contributed by atoms with Crippen molar-refractivity contribution in [2.24, 2.45) is 17.8 Å². The third-order valence-electron chi connectivity index (χ3n) is 6.57. The molecule has 0 bridgehead atoms. The average Bonchev–Trinajstić information content (AvgIpc) is 3.73. The minimum atomic E-state index is -3.89. The van der Waals surface area contributed by atoms with Crippen LogP contribution < -0.4 is 10.1 Å². The molecule has 0 spiro atoms. The van der Waals surface area contributed by atoms with Gasteiger partial charge in [0.2, 0.25) is 11.7 Å². The van der Waals surface area contributed by atoms with Crippen molar-refractivity contribution in [1.82, 2.24) is 5.32 Å². The normalized spacial score (nSPS) is 17.9. The van der Waals surface area contributed by atoms with Crippen LogP contribution in [0.4, 0.5) is 22.0 Å². The van der Waals surface area contributed by atoms with E-state index < -0.39 is 73.0 Å². The number of rotatable bonds is 17. The summed E-state index contributed by atoms with van der Waals surface area (Å²) in [5.74, 6) is -7.36. The molecule has 5 nitrogen and oxygen atoms in total. The number of nitrogens with one attached hydrogen (secondary N) is 1. The van der Waals surface area contributed by atoms with E-state index in [2.05, 4.69) is 10.1 Å². The average molecular weight is 518 g/mol. The topological polar surface area (TPSA) is 72.5 Å². The van der Waals surface area contributed by atoms with Crippen molar-refractivity contribution < 1.29 is 41.1 Å². The number of hydrogen-bond donors (Lipinski definition) is 1. The van der Waals surface area contributed by atoms with Crippen LogP contribution in [-0.2, 0) is 14.4 Å². The Hall–Kier alpha value is -2.36. The van der Waals surface area contributed by atoms with Crippen LogP contribution in [-0.4, -0.2) is 42.0 Å². The van der Waals surface area contributed by atoms with Gasteiger partial charge >= 0.3 is 6.11 Å². The summed E-state index contributed by atoms with van der Waals surface area (Å²) in [6.07, 6.45) is -2.53. The highest BCUT2D eigenvalue weighted by Crippen LogP contribution is 2.41. The molecule has 3 rings (SSSR count). The summed E-state index contributed by atoms with van der Waals surface area (Å²) >= 11 is 0. The number of carbonyl (C=O) groups is 3. The van der Waals surface area contributed by atoms with Crippen molar-refractivity contribution in [1.29, 1.82) is 0 Å². The van der Waals surface area contributed by atoms with E-state index in [-0.39, 0.29) is 30.4 Å². The molecule has 0 amide bonds. The molecule has 0 heterocycles. The second-order valence-corrected chi connectivity index (χ2v) is 10.0. The highest BCUT2D eigenvalue weighted by Gasteiger charge is 2.43. The molecule has 2 fully saturated rings. The molecule has 0 unspecified atom stereocenters. The van der Waals surface area contributed by atoms with Gasteiger partial charge in [0.05, 0.1) is 6.04 Å². The Morgan fingerprint density at radius 2 is 1.64 bits per heavy atom. The lowest BCUT2D eigenvalue weighted by Crippen LogP contribution is -2.48. The molecule has 2 saturated carbocycles. The molecule has 2 atom stereocenters. The van der Waals surface area contributed by atoms with Crippen LogP contribution in [0.15, 0.2) is 24.3 Å². The first-order valence-corrected chi connectivity index (χ1v) is 12.4. The minimum Gasteiger partial charge on any atom is -0.432 e.